The third-order valence-electron chi connectivity index (χ3n) is 9.13. The zero-order valence-electron chi connectivity index (χ0n) is 15.2. The lowest BCUT2D eigenvalue weighted by atomic mass is 9.44. The Morgan fingerprint density at radius 2 is 1.61 bits per heavy atom. The van der Waals surface area contributed by atoms with E-state index in [2.05, 4.69) is 13.8 Å². The first-order valence-electron chi connectivity index (χ1n) is 10.0. The van der Waals surface area contributed by atoms with E-state index in [0.717, 1.165) is 42.9 Å². The monoisotopic (exact) mass is 318 g/mol. The van der Waals surface area contributed by atoms with Crippen LogP contribution in [0.5, 0.6) is 0 Å². The van der Waals surface area contributed by atoms with Crippen molar-refractivity contribution in [1.82, 2.24) is 0 Å². The van der Waals surface area contributed by atoms with Crippen molar-refractivity contribution in [3.8, 4) is 0 Å². The van der Waals surface area contributed by atoms with E-state index in [-0.39, 0.29) is 11.5 Å². The summed E-state index contributed by atoms with van der Waals surface area (Å²) in [5.41, 5.74) is 0.738. The molecule has 0 aromatic heterocycles. The first-order valence-corrected chi connectivity index (χ1v) is 10.0. The van der Waals surface area contributed by atoms with Gasteiger partial charge in [-0.3, -0.25) is 4.79 Å². The van der Waals surface area contributed by atoms with Gasteiger partial charge in [0.2, 0.25) is 0 Å². The molecule has 23 heavy (non-hydrogen) atoms. The molecule has 2 nitrogen and oxygen atoms in total. The first-order chi connectivity index (χ1) is 10.9. The van der Waals surface area contributed by atoms with E-state index in [0.29, 0.717) is 17.1 Å². The number of aliphatic hydroxyl groups is 1. The van der Waals surface area contributed by atoms with Crippen molar-refractivity contribution in [3.05, 3.63) is 0 Å². The van der Waals surface area contributed by atoms with Crippen LogP contribution in [0, 0.1) is 40.4 Å². The standard InChI is InChI=1S/C21H34O2/c1-13(22)17-6-7-18-16-5-4-14-12-15(23)8-10-20(14,2)19(16)9-11-21(17,18)3/h14-19,23H,4-12H2,1-3H3/t14-,15?,16+,17-,18?,19+,20+,21-/m0/s1. The maximum absolute atomic E-state index is 12.2. The van der Waals surface area contributed by atoms with Crippen molar-refractivity contribution >= 4 is 5.78 Å². The quantitative estimate of drug-likeness (QED) is 0.767. The van der Waals surface area contributed by atoms with Crippen LogP contribution in [0.4, 0.5) is 0 Å². The number of carbonyl (C=O) groups is 1. The summed E-state index contributed by atoms with van der Waals surface area (Å²) in [6, 6.07) is 0. The van der Waals surface area contributed by atoms with Gasteiger partial charge in [-0.25, -0.2) is 0 Å². The van der Waals surface area contributed by atoms with Crippen LogP contribution in [0.15, 0.2) is 0 Å². The van der Waals surface area contributed by atoms with Crippen molar-refractivity contribution in [3.63, 3.8) is 0 Å². The Morgan fingerprint density at radius 3 is 2.35 bits per heavy atom. The van der Waals surface area contributed by atoms with Crippen molar-refractivity contribution in [2.75, 3.05) is 0 Å². The number of aliphatic hydroxyl groups excluding tert-OH is 1. The molecule has 0 saturated heterocycles. The maximum atomic E-state index is 12.2. The summed E-state index contributed by atoms with van der Waals surface area (Å²) in [4.78, 5) is 12.2. The summed E-state index contributed by atoms with van der Waals surface area (Å²) in [6.45, 7) is 6.80. The van der Waals surface area contributed by atoms with E-state index in [1.807, 2.05) is 6.92 Å². The van der Waals surface area contributed by atoms with Gasteiger partial charge >= 0.3 is 0 Å². The third-order valence-corrected chi connectivity index (χ3v) is 9.13. The number of ketones is 1. The van der Waals surface area contributed by atoms with Crippen LogP contribution in [0.3, 0.4) is 0 Å². The minimum absolute atomic E-state index is 0.0490. The highest BCUT2D eigenvalue weighted by Gasteiger charge is 2.60. The van der Waals surface area contributed by atoms with Gasteiger partial charge in [0.25, 0.3) is 0 Å². The van der Waals surface area contributed by atoms with Crippen LogP contribution in [-0.4, -0.2) is 17.0 Å². The molecule has 8 atom stereocenters. The van der Waals surface area contributed by atoms with E-state index in [1.54, 1.807) is 0 Å². The minimum Gasteiger partial charge on any atom is -0.393 e. The second-order valence-electron chi connectivity index (χ2n) is 9.87. The SMILES string of the molecule is CC(=O)[C@@H]1CCC2[C@H]3CC[C@H]4CC(O)CC[C@@]4(C)[C@@H]3CC[C@]21C. The summed E-state index contributed by atoms with van der Waals surface area (Å²) >= 11 is 0. The summed E-state index contributed by atoms with van der Waals surface area (Å²) in [6.07, 6.45) is 10.9. The fourth-order valence-electron chi connectivity index (χ4n) is 7.90. The van der Waals surface area contributed by atoms with Crippen molar-refractivity contribution < 1.29 is 9.90 Å². The highest BCUT2D eigenvalue weighted by molar-refractivity contribution is 5.79. The summed E-state index contributed by atoms with van der Waals surface area (Å²) in [5.74, 6) is 3.97. The van der Waals surface area contributed by atoms with E-state index in [4.69, 9.17) is 0 Å². The van der Waals surface area contributed by atoms with Gasteiger partial charge < -0.3 is 5.11 Å². The van der Waals surface area contributed by atoms with E-state index >= 15 is 0 Å². The Morgan fingerprint density at radius 1 is 0.913 bits per heavy atom. The van der Waals surface area contributed by atoms with Crippen molar-refractivity contribution in [2.45, 2.75) is 84.7 Å². The van der Waals surface area contributed by atoms with Gasteiger partial charge in [0, 0.05) is 5.92 Å². The molecule has 4 saturated carbocycles. The molecule has 2 unspecified atom stereocenters. The fourth-order valence-corrected chi connectivity index (χ4v) is 7.90. The minimum atomic E-state index is -0.0490. The zero-order valence-corrected chi connectivity index (χ0v) is 15.2. The molecule has 0 amide bonds. The largest absolute Gasteiger partial charge is 0.393 e. The average molecular weight is 319 g/mol. The Balaban J connectivity index is 1.61. The van der Waals surface area contributed by atoms with Gasteiger partial charge in [0.15, 0.2) is 0 Å². The molecule has 0 aromatic carbocycles. The predicted molar refractivity (Wildman–Crippen MR) is 91.9 cm³/mol. The third kappa shape index (κ3) is 2.19. The number of fused-ring (bicyclic) bond motifs is 5. The normalized spacial score (nSPS) is 55.7. The molecule has 0 bridgehead atoms. The van der Waals surface area contributed by atoms with Gasteiger partial charge in [-0.2, -0.15) is 0 Å². The lowest BCUT2D eigenvalue weighted by Crippen LogP contribution is -2.54. The molecule has 0 spiro atoms. The van der Waals surface area contributed by atoms with Gasteiger partial charge in [-0.15, -0.1) is 0 Å². The molecular formula is C21H34O2. The van der Waals surface area contributed by atoms with Gasteiger partial charge in [-0.1, -0.05) is 13.8 Å². The Kier molecular flexibility index (Phi) is 3.72. The second kappa shape index (κ2) is 5.31. The molecule has 0 aromatic rings. The molecule has 1 N–H and O–H groups in total. The molecule has 4 fully saturated rings. The molecule has 4 aliphatic carbocycles. The average Bonchev–Trinajstić information content (AvgIpc) is 2.85. The van der Waals surface area contributed by atoms with E-state index in [1.165, 1.54) is 38.5 Å². The lowest BCUT2D eigenvalue weighted by molar-refractivity contribution is -0.138. The number of rotatable bonds is 1. The van der Waals surface area contributed by atoms with Crippen LogP contribution in [0.2, 0.25) is 0 Å². The second-order valence-corrected chi connectivity index (χ2v) is 9.87. The molecular weight excluding hydrogens is 284 g/mol. The molecule has 2 heteroatoms. The Labute approximate surface area is 141 Å². The fraction of sp³-hybridized carbons (Fsp3) is 0.952. The molecule has 130 valence electrons. The Hall–Kier alpha value is -0.370. The van der Waals surface area contributed by atoms with Crippen LogP contribution in [-0.2, 0) is 4.79 Å². The summed E-state index contributed by atoms with van der Waals surface area (Å²) < 4.78 is 0. The number of carbonyl (C=O) groups excluding carboxylic acids is 1. The van der Waals surface area contributed by atoms with E-state index < -0.39 is 0 Å². The van der Waals surface area contributed by atoms with Gasteiger partial charge in [0.05, 0.1) is 6.10 Å². The van der Waals surface area contributed by atoms with Crippen molar-refractivity contribution in [2.24, 2.45) is 40.4 Å². The van der Waals surface area contributed by atoms with Crippen molar-refractivity contribution in [1.29, 1.82) is 0 Å². The molecule has 0 aliphatic heterocycles. The number of hydrogen-bond acceptors (Lipinski definition) is 2. The molecule has 4 rings (SSSR count). The van der Waals surface area contributed by atoms with E-state index in [9.17, 15) is 9.90 Å². The van der Waals surface area contributed by atoms with Gasteiger partial charge in [0.1, 0.15) is 5.78 Å². The maximum Gasteiger partial charge on any atom is 0.133 e. The molecule has 4 aliphatic rings. The lowest BCUT2D eigenvalue weighted by Gasteiger charge is -2.60. The van der Waals surface area contributed by atoms with Crippen LogP contribution in [0.25, 0.3) is 0 Å². The summed E-state index contributed by atoms with van der Waals surface area (Å²) in [5, 5.41) is 10.1. The van der Waals surface area contributed by atoms with Crippen LogP contribution >= 0.6 is 0 Å². The van der Waals surface area contributed by atoms with Gasteiger partial charge in [-0.05, 0) is 99.2 Å². The van der Waals surface area contributed by atoms with Crippen LogP contribution < -0.4 is 0 Å². The molecule has 0 heterocycles. The number of Topliss-reactive ketones (excluding diaryl/α,β-unsaturated/α-hetero) is 1. The smallest absolute Gasteiger partial charge is 0.133 e. The van der Waals surface area contributed by atoms with Crippen LogP contribution in [0.1, 0.15) is 78.6 Å². The summed E-state index contributed by atoms with van der Waals surface area (Å²) in [7, 11) is 0. The topological polar surface area (TPSA) is 37.3 Å². The predicted octanol–water partition coefficient (Wildman–Crippen LogP) is 4.60. The first kappa shape index (κ1) is 16.1. The highest BCUT2D eigenvalue weighted by Crippen LogP contribution is 2.67. The molecule has 0 radical (unpaired) electrons. The zero-order chi connectivity index (χ0) is 16.4. The number of hydrogen-bond donors (Lipinski definition) is 1. The Bertz CT molecular complexity index is 500. The highest BCUT2D eigenvalue weighted by atomic mass is 16.3.